The van der Waals surface area contributed by atoms with Crippen LogP contribution in [0.4, 0.5) is 0 Å². The van der Waals surface area contributed by atoms with E-state index < -0.39 is 0 Å². The number of halogens is 1. The van der Waals surface area contributed by atoms with Crippen LogP contribution in [0, 0.1) is 0 Å². The summed E-state index contributed by atoms with van der Waals surface area (Å²) in [4.78, 5) is 21.7. The Labute approximate surface area is 153 Å². The zero-order valence-electron chi connectivity index (χ0n) is 13.8. The summed E-state index contributed by atoms with van der Waals surface area (Å²) in [5.74, 6) is 0.0862. The number of hydrogen-bond acceptors (Lipinski definition) is 6. The summed E-state index contributed by atoms with van der Waals surface area (Å²) in [7, 11) is 0. The van der Waals surface area contributed by atoms with Gasteiger partial charge in [-0.25, -0.2) is 4.98 Å². The second-order valence-electron chi connectivity index (χ2n) is 6.55. The van der Waals surface area contributed by atoms with Crippen molar-refractivity contribution in [3.63, 3.8) is 0 Å². The van der Waals surface area contributed by atoms with Crippen molar-refractivity contribution < 1.29 is 9.53 Å². The van der Waals surface area contributed by atoms with Crippen molar-refractivity contribution in [2.45, 2.75) is 31.4 Å². The van der Waals surface area contributed by atoms with Gasteiger partial charge in [0, 0.05) is 57.3 Å². The highest BCUT2D eigenvalue weighted by Gasteiger charge is 2.32. The Bertz CT molecular complexity index is 558. The Balaban J connectivity index is 0.00000169. The van der Waals surface area contributed by atoms with Crippen molar-refractivity contribution >= 4 is 29.7 Å². The van der Waals surface area contributed by atoms with Gasteiger partial charge in [-0.05, 0) is 19.3 Å². The van der Waals surface area contributed by atoms with Crippen LogP contribution in [0.25, 0.3) is 0 Å². The molecule has 0 radical (unpaired) electrons. The smallest absolute Gasteiger partial charge is 0.273 e. The van der Waals surface area contributed by atoms with Crippen molar-refractivity contribution in [2.24, 2.45) is 0 Å². The molecular weight excluding hydrogens is 348 g/mol. The third-order valence-electron chi connectivity index (χ3n) is 5.06. The second-order valence-corrected chi connectivity index (χ2v) is 7.44. The second kappa shape index (κ2) is 8.10. The number of ether oxygens (including phenoxy) is 1. The number of piperazine rings is 1. The Hall–Kier alpha value is -0.730. The minimum atomic E-state index is 0. The van der Waals surface area contributed by atoms with Gasteiger partial charge >= 0.3 is 0 Å². The molecule has 0 bridgehead atoms. The van der Waals surface area contributed by atoms with Crippen LogP contribution in [0.2, 0.25) is 0 Å². The normalized spacial score (nSPS) is 28.1. The molecule has 3 aliphatic rings. The van der Waals surface area contributed by atoms with E-state index in [1.165, 1.54) is 0 Å². The van der Waals surface area contributed by atoms with Crippen LogP contribution in [-0.2, 0) is 4.74 Å². The van der Waals surface area contributed by atoms with Crippen molar-refractivity contribution in [2.75, 3.05) is 45.9 Å². The minimum absolute atomic E-state index is 0. The average molecular weight is 373 g/mol. The lowest BCUT2D eigenvalue weighted by molar-refractivity contribution is 0.0766. The fourth-order valence-corrected chi connectivity index (χ4v) is 4.61. The van der Waals surface area contributed by atoms with Crippen molar-refractivity contribution in [3.05, 3.63) is 16.1 Å². The number of thiazole rings is 1. The van der Waals surface area contributed by atoms with Gasteiger partial charge in [-0.2, -0.15) is 0 Å². The number of nitrogens with zero attached hydrogens (tertiary/aromatic N) is 3. The lowest BCUT2D eigenvalue weighted by Gasteiger charge is -2.32. The molecule has 0 saturated carbocycles. The van der Waals surface area contributed by atoms with Gasteiger partial charge in [-0.15, -0.1) is 23.7 Å². The number of nitrogens with one attached hydrogen (secondary N) is 1. The Morgan fingerprint density at radius 3 is 2.88 bits per heavy atom. The lowest BCUT2D eigenvalue weighted by atomic mass is 10.2. The number of carbonyl (C=O) groups excluding carboxylic acids is 1. The first-order valence-electron chi connectivity index (χ1n) is 8.62. The number of aromatic nitrogens is 1. The molecule has 1 aromatic heterocycles. The van der Waals surface area contributed by atoms with Crippen LogP contribution in [-0.4, -0.2) is 72.6 Å². The average Bonchev–Trinajstić information content (AvgIpc) is 3.35. The minimum Gasteiger partial charge on any atom is -0.371 e. The van der Waals surface area contributed by atoms with Crippen molar-refractivity contribution in [1.29, 1.82) is 0 Å². The van der Waals surface area contributed by atoms with Gasteiger partial charge in [0.1, 0.15) is 16.8 Å². The van der Waals surface area contributed by atoms with Crippen molar-refractivity contribution in [1.82, 2.24) is 20.1 Å². The standard InChI is InChI=1S/C16H24N4O2S.ClH/c21-16(13-11-23-15(18-13)14-2-1-9-22-14)20-6-3-12(10-20)19-7-4-17-5-8-19;/h11-12,14,17H,1-10H2;1H. The van der Waals surface area contributed by atoms with E-state index in [2.05, 4.69) is 15.2 Å². The third kappa shape index (κ3) is 3.75. The maximum Gasteiger partial charge on any atom is 0.273 e. The van der Waals surface area contributed by atoms with Gasteiger partial charge < -0.3 is 15.0 Å². The summed E-state index contributed by atoms with van der Waals surface area (Å²) < 4.78 is 5.66. The summed E-state index contributed by atoms with van der Waals surface area (Å²) in [6, 6.07) is 0.511. The molecule has 0 aromatic carbocycles. The fourth-order valence-electron chi connectivity index (χ4n) is 3.74. The largest absolute Gasteiger partial charge is 0.371 e. The molecule has 24 heavy (non-hydrogen) atoms. The number of carbonyl (C=O) groups is 1. The van der Waals surface area contributed by atoms with Gasteiger partial charge in [0.15, 0.2) is 0 Å². The van der Waals surface area contributed by atoms with Crippen LogP contribution >= 0.6 is 23.7 Å². The van der Waals surface area contributed by atoms with Crippen LogP contribution < -0.4 is 5.32 Å². The van der Waals surface area contributed by atoms with E-state index >= 15 is 0 Å². The Kier molecular flexibility index (Phi) is 6.10. The fraction of sp³-hybridized carbons (Fsp3) is 0.750. The number of likely N-dealkylation sites (tertiary alicyclic amines) is 1. The van der Waals surface area contributed by atoms with Gasteiger partial charge in [0.25, 0.3) is 5.91 Å². The highest BCUT2D eigenvalue weighted by Crippen LogP contribution is 2.31. The molecule has 8 heteroatoms. The summed E-state index contributed by atoms with van der Waals surface area (Å²) in [6.07, 6.45) is 3.30. The van der Waals surface area contributed by atoms with Gasteiger partial charge in [0.05, 0.1) is 0 Å². The first kappa shape index (κ1) is 18.1. The maximum absolute atomic E-state index is 12.7. The zero-order chi connectivity index (χ0) is 15.6. The van der Waals surface area contributed by atoms with Crippen LogP contribution in [0.15, 0.2) is 5.38 Å². The van der Waals surface area contributed by atoms with Gasteiger partial charge in [-0.3, -0.25) is 9.69 Å². The molecule has 3 saturated heterocycles. The molecule has 0 aliphatic carbocycles. The summed E-state index contributed by atoms with van der Waals surface area (Å²) in [5.41, 5.74) is 0.599. The molecule has 6 nitrogen and oxygen atoms in total. The topological polar surface area (TPSA) is 57.7 Å². The molecule has 1 amide bonds. The molecule has 2 atom stereocenters. The van der Waals surface area contributed by atoms with E-state index in [1.54, 1.807) is 11.3 Å². The van der Waals surface area contributed by atoms with Gasteiger partial charge in [-0.1, -0.05) is 0 Å². The molecular formula is C16H25ClN4O2S. The van der Waals surface area contributed by atoms with E-state index in [1.807, 2.05) is 10.3 Å². The molecule has 4 rings (SSSR count). The van der Waals surface area contributed by atoms with Crippen LogP contribution in [0.3, 0.4) is 0 Å². The summed E-state index contributed by atoms with van der Waals surface area (Å²) in [6.45, 7) is 6.79. The Morgan fingerprint density at radius 2 is 2.12 bits per heavy atom. The summed E-state index contributed by atoms with van der Waals surface area (Å²) >= 11 is 1.56. The molecule has 134 valence electrons. The first-order valence-corrected chi connectivity index (χ1v) is 9.50. The van der Waals surface area contributed by atoms with Crippen LogP contribution in [0.1, 0.15) is 40.9 Å². The predicted molar refractivity (Wildman–Crippen MR) is 96.0 cm³/mol. The predicted octanol–water partition coefficient (Wildman–Crippen LogP) is 1.54. The van der Waals surface area contributed by atoms with Gasteiger partial charge in [0.2, 0.25) is 0 Å². The van der Waals surface area contributed by atoms with E-state index in [0.717, 1.165) is 70.1 Å². The van der Waals surface area contributed by atoms with E-state index in [4.69, 9.17) is 4.74 Å². The van der Waals surface area contributed by atoms with Crippen molar-refractivity contribution in [3.8, 4) is 0 Å². The van der Waals surface area contributed by atoms with E-state index in [-0.39, 0.29) is 24.4 Å². The molecule has 1 aromatic rings. The molecule has 4 heterocycles. The molecule has 3 aliphatic heterocycles. The molecule has 0 spiro atoms. The molecule has 1 N–H and O–H groups in total. The monoisotopic (exact) mass is 372 g/mol. The number of rotatable bonds is 3. The van der Waals surface area contributed by atoms with Crippen LogP contribution in [0.5, 0.6) is 0 Å². The number of amides is 1. The highest BCUT2D eigenvalue weighted by atomic mass is 35.5. The maximum atomic E-state index is 12.7. The SMILES string of the molecule is Cl.O=C(c1csc(C2CCCO2)n1)N1CCC(N2CCNCC2)C1. The lowest BCUT2D eigenvalue weighted by Crippen LogP contribution is -2.49. The highest BCUT2D eigenvalue weighted by molar-refractivity contribution is 7.09. The quantitative estimate of drug-likeness (QED) is 0.872. The first-order chi connectivity index (χ1) is 11.3. The molecule has 3 fully saturated rings. The summed E-state index contributed by atoms with van der Waals surface area (Å²) in [5, 5.41) is 6.25. The zero-order valence-corrected chi connectivity index (χ0v) is 15.4. The molecule has 2 unspecified atom stereocenters. The van der Waals surface area contributed by atoms with E-state index in [9.17, 15) is 4.79 Å². The third-order valence-corrected chi connectivity index (χ3v) is 6.00. The Morgan fingerprint density at radius 1 is 1.29 bits per heavy atom. The number of hydrogen-bond donors (Lipinski definition) is 1. The van der Waals surface area contributed by atoms with E-state index in [0.29, 0.717) is 11.7 Å².